The van der Waals surface area contributed by atoms with Gasteiger partial charge in [0, 0.05) is 19.0 Å². The smallest absolute Gasteiger partial charge is 0.191 e. The van der Waals surface area contributed by atoms with Crippen LogP contribution < -0.4 is 20.1 Å². The molecule has 2 unspecified atom stereocenters. The maximum Gasteiger partial charge on any atom is 0.191 e. The van der Waals surface area contributed by atoms with Crippen molar-refractivity contribution < 1.29 is 9.47 Å². The molecule has 2 N–H and O–H groups in total. The van der Waals surface area contributed by atoms with E-state index in [-0.39, 0.29) is 36.1 Å². The van der Waals surface area contributed by atoms with Crippen molar-refractivity contribution in [2.45, 2.75) is 32.4 Å². The van der Waals surface area contributed by atoms with Crippen LogP contribution in [0.1, 0.15) is 30.5 Å². The zero-order valence-electron chi connectivity index (χ0n) is 16.1. The third-order valence-electron chi connectivity index (χ3n) is 4.41. The quantitative estimate of drug-likeness (QED) is 0.384. The SMILES string of the molecule is CN=C(NCC(C)Oc1ccc(C)cc1)NC1CCOc2ccccc21.I. The summed E-state index contributed by atoms with van der Waals surface area (Å²) in [7, 11) is 1.78. The number of benzene rings is 2. The number of para-hydroxylation sites is 1. The van der Waals surface area contributed by atoms with Crippen LogP contribution in [0.3, 0.4) is 0 Å². The van der Waals surface area contributed by atoms with E-state index in [1.165, 1.54) is 11.1 Å². The molecule has 0 aromatic heterocycles. The minimum atomic E-state index is 0. The van der Waals surface area contributed by atoms with E-state index >= 15 is 0 Å². The summed E-state index contributed by atoms with van der Waals surface area (Å²) in [4.78, 5) is 4.34. The molecule has 0 spiro atoms. The summed E-state index contributed by atoms with van der Waals surface area (Å²) in [6.45, 7) is 5.49. The molecule has 0 amide bonds. The lowest BCUT2D eigenvalue weighted by Gasteiger charge is -2.28. The Labute approximate surface area is 178 Å². The highest BCUT2D eigenvalue weighted by atomic mass is 127. The molecule has 2 atom stereocenters. The van der Waals surface area contributed by atoms with Gasteiger partial charge in [0.05, 0.1) is 19.2 Å². The van der Waals surface area contributed by atoms with Gasteiger partial charge >= 0.3 is 0 Å². The number of nitrogens with one attached hydrogen (secondary N) is 2. The zero-order chi connectivity index (χ0) is 18.4. The normalized spacial score (nSPS) is 17.0. The molecule has 0 fully saturated rings. The lowest BCUT2D eigenvalue weighted by molar-refractivity contribution is 0.223. The number of halogens is 1. The standard InChI is InChI=1S/C21H27N3O2.HI/c1-15-8-10-17(11-9-15)26-16(2)14-23-21(22-3)24-19-12-13-25-20-7-5-4-6-18(19)20;/h4-11,16,19H,12-14H2,1-3H3,(H2,22,23,24);1H. The molecule has 27 heavy (non-hydrogen) atoms. The summed E-state index contributed by atoms with van der Waals surface area (Å²) >= 11 is 0. The predicted octanol–water partition coefficient (Wildman–Crippen LogP) is 4.07. The first-order valence-electron chi connectivity index (χ1n) is 9.08. The number of fused-ring (bicyclic) bond motifs is 1. The summed E-state index contributed by atoms with van der Waals surface area (Å²) in [5.41, 5.74) is 2.40. The van der Waals surface area contributed by atoms with E-state index in [1.54, 1.807) is 7.05 Å². The Bertz CT molecular complexity index is 749. The van der Waals surface area contributed by atoms with Gasteiger partial charge in [-0.2, -0.15) is 0 Å². The van der Waals surface area contributed by atoms with E-state index in [4.69, 9.17) is 9.47 Å². The van der Waals surface area contributed by atoms with E-state index in [0.29, 0.717) is 13.2 Å². The number of guanidine groups is 1. The first kappa shape index (κ1) is 21.3. The van der Waals surface area contributed by atoms with Crippen molar-refractivity contribution in [2.75, 3.05) is 20.2 Å². The number of ether oxygens (including phenoxy) is 2. The minimum Gasteiger partial charge on any atom is -0.493 e. The topological polar surface area (TPSA) is 54.9 Å². The molecule has 1 heterocycles. The van der Waals surface area contributed by atoms with Crippen LogP contribution in [0.5, 0.6) is 11.5 Å². The maximum absolute atomic E-state index is 5.95. The molecule has 0 saturated carbocycles. The van der Waals surface area contributed by atoms with Crippen LogP contribution in [-0.2, 0) is 0 Å². The minimum absolute atomic E-state index is 0. The summed E-state index contributed by atoms with van der Waals surface area (Å²) in [5, 5.41) is 6.84. The third-order valence-corrected chi connectivity index (χ3v) is 4.41. The van der Waals surface area contributed by atoms with Gasteiger partial charge in [-0.1, -0.05) is 35.9 Å². The van der Waals surface area contributed by atoms with Gasteiger partial charge in [0.1, 0.15) is 17.6 Å². The molecule has 1 aliphatic rings. The van der Waals surface area contributed by atoms with Crippen molar-refractivity contribution in [2.24, 2.45) is 4.99 Å². The highest BCUT2D eigenvalue weighted by Gasteiger charge is 2.21. The van der Waals surface area contributed by atoms with Gasteiger partial charge in [0.25, 0.3) is 0 Å². The first-order chi connectivity index (χ1) is 12.7. The van der Waals surface area contributed by atoms with Crippen molar-refractivity contribution in [1.29, 1.82) is 0 Å². The summed E-state index contributed by atoms with van der Waals surface area (Å²) in [6.07, 6.45) is 0.936. The van der Waals surface area contributed by atoms with Crippen molar-refractivity contribution >= 4 is 29.9 Å². The number of rotatable bonds is 5. The lowest BCUT2D eigenvalue weighted by atomic mass is 10.0. The van der Waals surface area contributed by atoms with E-state index < -0.39 is 0 Å². The monoisotopic (exact) mass is 481 g/mol. The Morgan fingerprint density at radius 3 is 2.70 bits per heavy atom. The molecule has 0 radical (unpaired) electrons. The molecular weight excluding hydrogens is 453 g/mol. The Balaban J connectivity index is 0.00000261. The Hall–Kier alpha value is -1.96. The molecule has 0 saturated heterocycles. The summed E-state index contributed by atoms with van der Waals surface area (Å²) in [5.74, 6) is 2.60. The molecule has 3 rings (SSSR count). The molecular formula is C21H28IN3O2. The maximum atomic E-state index is 5.95. The Morgan fingerprint density at radius 1 is 1.22 bits per heavy atom. The molecule has 6 heteroatoms. The van der Waals surface area contributed by atoms with Crippen LogP contribution >= 0.6 is 24.0 Å². The molecule has 0 bridgehead atoms. The largest absolute Gasteiger partial charge is 0.493 e. The average molecular weight is 481 g/mol. The molecule has 1 aliphatic heterocycles. The van der Waals surface area contributed by atoms with Gasteiger partial charge < -0.3 is 20.1 Å². The fourth-order valence-electron chi connectivity index (χ4n) is 2.98. The highest BCUT2D eigenvalue weighted by Crippen LogP contribution is 2.31. The number of aryl methyl sites for hydroxylation is 1. The van der Waals surface area contributed by atoms with E-state index in [0.717, 1.165) is 23.9 Å². The number of aliphatic imine (C=N–C) groups is 1. The predicted molar refractivity (Wildman–Crippen MR) is 120 cm³/mol. The van der Waals surface area contributed by atoms with Crippen LogP contribution in [0.4, 0.5) is 0 Å². The second-order valence-corrected chi connectivity index (χ2v) is 6.57. The van der Waals surface area contributed by atoms with Gasteiger partial charge in [-0.25, -0.2) is 0 Å². The highest BCUT2D eigenvalue weighted by molar-refractivity contribution is 14.0. The van der Waals surface area contributed by atoms with Crippen molar-refractivity contribution in [3.8, 4) is 11.5 Å². The second-order valence-electron chi connectivity index (χ2n) is 6.57. The van der Waals surface area contributed by atoms with Crippen LogP contribution in [-0.4, -0.2) is 32.3 Å². The third kappa shape index (κ3) is 6.02. The van der Waals surface area contributed by atoms with Gasteiger partial charge in [-0.3, -0.25) is 4.99 Å². The average Bonchev–Trinajstić information content (AvgIpc) is 2.67. The zero-order valence-corrected chi connectivity index (χ0v) is 18.4. The van der Waals surface area contributed by atoms with Crippen molar-refractivity contribution in [3.63, 3.8) is 0 Å². The molecule has 2 aromatic carbocycles. The summed E-state index contributed by atoms with van der Waals surface area (Å²) < 4.78 is 11.7. The second kappa shape index (κ2) is 10.4. The van der Waals surface area contributed by atoms with Gasteiger partial charge in [0.15, 0.2) is 5.96 Å². The van der Waals surface area contributed by atoms with Crippen LogP contribution in [0, 0.1) is 6.92 Å². The molecule has 5 nitrogen and oxygen atoms in total. The van der Waals surface area contributed by atoms with Crippen LogP contribution in [0.25, 0.3) is 0 Å². The van der Waals surface area contributed by atoms with Gasteiger partial charge in [-0.15, -0.1) is 24.0 Å². The first-order valence-corrected chi connectivity index (χ1v) is 9.08. The molecule has 2 aromatic rings. The van der Waals surface area contributed by atoms with Crippen molar-refractivity contribution in [1.82, 2.24) is 10.6 Å². The number of nitrogens with zero attached hydrogens (tertiary/aromatic N) is 1. The van der Waals surface area contributed by atoms with E-state index in [9.17, 15) is 0 Å². The fraction of sp³-hybridized carbons (Fsp3) is 0.381. The number of hydrogen-bond donors (Lipinski definition) is 2. The fourth-order valence-corrected chi connectivity index (χ4v) is 2.98. The van der Waals surface area contributed by atoms with Crippen LogP contribution in [0.15, 0.2) is 53.5 Å². The Kier molecular flexibility index (Phi) is 8.22. The van der Waals surface area contributed by atoms with Crippen molar-refractivity contribution in [3.05, 3.63) is 59.7 Å². The van der Waals surface area contributed by atoms with Gasteiger partial charge in [0.2, 0.25) is 0 Å². The molecule has 0 aliphatic carbocycles. The van der Waals surface area contributed by atoms with E-state index in [2.05, 4.69) is 40.7 Å². The Morgan fingerprint density at radius 2 is 1.96 bits per heavy atom. The number of hydrogen-bond acceptors (Lipinski definition) is 3. The van der Waals surface area contributed by atoms with Gasteiger partial charge in [-0.05, 0) is 32.0 Å². The lowest BCUT2D eigenvalue weighted by Crippen LogP contribution is -2.44. The molecule has 146 valence electrons. The summed E-state index contributed by atoms with van der Waals surface area (Å²) in [6, 6.07) is 16.4. The van der Waals surface area contributed by atoms with Crippen LogP contribution in [0.2, 0.25) is 0 Å². The van der Waals surface area contributed by atoms with E-state index in [1.807, 2.05) is 37.3 Å².